The molecule has 2 aromatic carbocycles. The van der Waals surface area contributed by atoms with Gasteiger partial charge in [-0.3, -0.25) is 4.79 Å². The molecule has 0 amide bonds. The Morgan fingerprint density at radius 1 is 1.15 bits per heavy atom. The molecule has 0 saturated heterocycles. The summed E-state index contributed by atoms with van der Waals surface area (Å²) >= 11 is 0. The average Bonchev–Trinajstić information content (AvgIpc) is 2.65. The first-order valence-electron chi connectivity index (χ1n) is 9.10. The number of aryl methyl sites for hydroxylation is 1. The number of aromatic carboxylic acids is 1. The minimum Gasteiger partial charge on any atom is -0.477 e. The molecule has 27 heavy (non-hydrogen) atoms. The van der Waals surface area contributed by atoms with Crippen LogP contribution in [0, 0.1) is 0 Å². The lowest BCUT2D eigenvalue weighted by molar-refractivity contribution is 0.0694. The summed E-state index contributed by atoms with van der Waals surface area (Å²) in [6.07, 6.45) is 3.30. The minimum absolute atomic E-state index is 0.157. The van der Waals surface area contributed by atoms with Gasteiger partial charge in [0.2, 0.25) is 5.43 Å². The summed E-state index contributed by atoms with van der Waals surface area (Å²) in [6.45, 7) is 2.07. The van der Waals surface area contributed by atoms with Gasteiger partial charge in [-0.2, -0.15) is 0 Å². The largest absolute Gasteiger partial charge is 0.477 e. The second-order valence-corrected chi connectivity index (χ2v) is 7.40. The first kappa shape index (κ1) is 17.3. The fourth-order valence-electron chi connectivity index (χ4n) is 3.98. The Kier molecular flexibility index (Phi) is 4.02. The van der Waals surface area contributed by atoms with Crippen molar-refractivity contribution >= 4 is 22.6 Å². The van der Waals surface area contributed by atoms with Crippen LogP contribution in [0.2, 0.25) is 0 Å². The maximum atomic E-state index is 12.7. The maximum Gasteiger partial charge on any atom is 0.341 e. The van der Waals surface area contributed by atoms with Gasteiger partial charge in [-0.15, -0.1) is 0 Å². The molecule has 2 heterocycles. The van der Waals surface area contributed by atoms with Gasteiger partial charge in [0, 0.05) is 37.4 Å². The van der Waals surface area contributed by atoms with Gasteiger partial charge in [-0.05, 0) is 54.7 Å². The monoisotopic (exact) mass is 362 g/mol. The Morgan fingerprint density at radius 3 is 2.48 bits per heavy atom. The third kappa shape index (κ3) is 2.70. The highest BCUT2D eigenvalue weighted by Gasteiger charge is 2.24. The predicted molar refractivity (Wildman–Crippen MR) is 108 cm³/mol. The van der Waals surface area contributed by atoms with Crippen molar-refractivity contribution in [2.75, 3.05) is 19.0 Å². The van der Waals surface area contributed by atoms with Crippen LogP contribution in [-0.4, -0.2) is 29.7 Å². The molecule has 0 radical (unpaired) electrons. The lowest BCUT2D eigenvalue weighted by Crippen LogP contribution is -2.24. The molecule has 5 nitrogen and oxygen atoms in total. The summed E-state index contributed by atoms with van der Waals surface area (Å²) < 4.78 is 1.97. The van der Waals surface area contributed by atoms with E-state index in [0.29, 0.717) is 5.39 Å². The number of nitrogens with zero attached hydrogens (tertiary/aromatic N) is 2. The van der Waals surface area contributed by atoms with E-state index >= 15 is 0 Å². The van der Waals surface area contributed by atoms with Crippen molar-refractivity contribution in [1.82, 2.24) is 4.57 Å². The van der Waals surface area contributed by atoms with Crippen LogP contribution < -0.4 is 10.3 Å². The number of carboxylic acid groups (broad SMARTS) is 1. The van der Waals surface area contributed by atoms with Gasteiger partial charge >= 0.3 is 5.97 Å². The molecule has 1 atom stereocenters. The number of aromatic nitrogens is 1. The van der Waals surface area contributed by atoms with Crippen LogP contribution in [0.1, 0.15) is 35.3 Å². The van der Waals surface area contributed by atoms with Gasteiger partial charge in [-0.25, -0.2) is 4.79 Å². The second kappa shape index (κ2) is 6.27. The summed E-state index contributed by atoms with van der Waals surface area (Å²) in [5.74, 6) is -1.17. The molecule has 1 unspecified atom stereocenters. The van der Waals surface area contributed by atoms with Gasteiger partial charge in [0.15, 0.2) is 0 Å². The topological polar surface area (TPSA) is 62.5 Å². The van der Waals surface area contributed by atoms with E-state index in [1.165, 1.54) is 6.20 Å². The van der Waals surface area contributed by atoms with Gasteiger partial charge in [0.1, 0.15) is 5.56 Å². The standard InChI is InChI=1S/C22H22N2O3/c1-13-4-9-17-16(14-5-7-15(8-6-14)23(2)3)10-11-18-20(17)24(13)12-19(21(18)25)22(26)27/h5-8,10-13H,4,9H2,1-3H3,(H,26,27). The van der Waals surface area contributed by atoms with Crippen molar-refractivity contribution in [2.24, 2.45) is 0 Å². The molecule has 0 fully saturated rings. The van der Waals surface area contributed by atoms with E-state index in [0.717, 1.165) is 40.7 Å². The van der Waals surface area contributed by atoms with Crippen molar-refractivity contribution in [3.8, 4) is 11.1 Å². The quantitative estimate of drug-likeness (QED) is 0.767. The summed E-state index contributed by atoms with van der Waals surface area (Å²) in [5.41, 5.74) is 4.77. The zero-order valence-electron chi connectivity index (χ0n) is 15.7. The molecule has 138 valence electrons. The highest BCUT2D eigenvalue weighted by Crippen LogP contribution is 2.36. The molecule has 1 aromatic heterocycles. The molecule has 3 aromatic rings. The van der Waals surface area contributed by atoms with Crippen LogP contribution in [0.25, 0.3) is 22.0 Å². The Bertz CT molecular complexity index is 1110. The second-order valence-electron chi connectivity index (χ2n) is 7.40. The molecule has 0 spiro atoms. The number of rotatable bonds is 3. The van der Waals surface area contributed by atoms with Crippen molar-refractivity contribution in [1.29, 1.82) is 0 Å². The van der Waals surface area contributed by atoms with Crippen molar-refractivity contribution in [3.05, 3.63) is 63.9 Å². The molecule has 0 saturated carbocycles. The van der Waals surface area contributed by atoms with E-state index in [4.69, 9.17) is 0 Å². The summed E-state index contributed by atoms with van der Waals surface area (Å²) in [7, 11) is 4.02. The Labute approximate surface area is 157 Å². The van der Waals surface area contributed by atoms with Gasteiger partial charge in [0.05, 0.1) is 5.52 Å². The first-order valence-corrected chi connectivity index (χ1v) is 9.10. The molecule has 0 aliphatic carbocycles. The molecule has 1 aliphatic heterocycles. The smallest absolute Gasteiger partial charge is 0.341 e. The summed E-state index contributed by atoms with van der Waals surface area (Å²) in [4.78, 5) is 26.2. The van der Waals surface area contributed by atoms with E-state index < -0.39 is 11.4 Å². The third-order valence-electron chi connectivity index (χ3n) is 5.51. The number of hydrogen-bond donors (Lipinski definition) is 1. The predicted octanol–water partition coefficient (Wildman–Crippen LogP) is 3.94. The Hall–Kier alpha value is -3.08. The third-order valence-corrected chi connectivity index (χ3v) is 5.51. The Morgan fingerprint density at radius 2 is 1.85 bits per heavy atom. The Balaban J connectivity index is 2.00. The number of anilines is 1. The zero-order chi connectivity index (χ0) is 19.3. The summed E-state index contributed by atoms with van der Waals surface area (Å²) in [5, 5.41) is 9.90. The average molecular weight is 362 g/mol. The number of benzene rings is 2. The SMILES string of the molecule is CC1CCc2c(-c3ccc(N(C)C)cc3)ccc3c(=O)c(C(=O)O)cn1c23. The van der Waals surface area contributed by atoms with E-state index in [1.807, 2.05) is 24.7 Å². The molecular formula is C22H22N2O3. The first-order chi connectivity index (χ1) is 12.9. The molecule has 4 rings (SSSR count). The summed E-state index contributed by atoms with van der Waals surface area (Å²) in [6, 6.07) is 12.2. The lowest BCUT2D eigenvalue weighted by Gasteiger charge is -2.28. The molecule has 1 aliphatic rings. The van der Waals surface area contributed by atoms with Crippen LogP contribution in [-0.2, 0) is 6.42 Å². The van der Waals surface area contributed by atoms with E-state index in [9.17, 15) is 14.7 Å². The number of hydrogen-bond acceptors (Lipinski definition) is 3. The number of carbonyl (C=O) groups is 1. The molecule has 5 heteroatoms. The maximum absolute atomic E-state index is 12.7. The fraction of sp³-hybridized carbons (Fsp3) is 0.273. The normalized spacial score (nSPS) is 15.7. The van der Waals surface area contributed by atoms with Crippen molar-refractivity contribution < 1.29 is 9.90 Å². The van der Waals surface area contributed by atoms with Crippen molar-refractivity contribution in [2.45, 2.75) is 25.8 Å². The van der Waals surface area contributed by atoms with E-state index in [-0.39, 0.29) is 11.6 Å². The molecule has 0 bridgehead atoms. The molecule has 1 N–H and O–H groups in total. The minimum atomic E-state index is -1.17. The van der Waals surface area contributed by atoms with E-state index in [1.54, 1.807) is 6.07 Å². The fourth-order valence-corrected chi connectivity index (χ4v) is 3.98. The van der Waals surface area contributed by atoms with Crippen LogP contribution in [0.4, 0.5) is 5.69 Å². The van der Waals surface area contributed by atoms with Crippen LogP contribution in [0.15, 0.2) is 47.4 Å². The number of carboxylic acids is 1. The van der Waals surface area contributed by atoms with Gasteiger partial charge < -0.3 is 14.6 Å². The number of pyridine rings is 1. The van der Waals surface area contributed by atoms with Gasteiger partial charge in [0.25, 0.3) is 0 Å². The van der Waals surface area contributed by atoms with E-state index in [2.05, 4.69) is 36.1 Å². The molecular weight excluding hydrogens is 340 g/mol. The highest BCUT2D eigenvalue weighted by atomic mass is 16.4. The van der Waals surface area contributed by atoms with Crippen LogP contribution in [0.3, 0.4) is 0 Å². The van der Waals surface area contributed by atoms with Crippen LogP contribution >= 0.6 is 0 Å². The van der Waals surface area contributed by atoms with Crippen LogP contribution in [0.5, 0.6) is 0 Å². The van der Waals surface area contributed by atoms with Gasteiger partial charge in [-0.1, -0.05) is 18.2 Å². The van der Waals surface area contributed by atoms with Crippen molar-refractivity contribution in [3.63, 3.8) is 0 Å². The highest BCUT2D eigenvalue weighted by molar-refractivity contribution is 5.96. The lowest BCUT2D eigenvalue weighted by atomic mass is 9.89. The zero-order valence-corrected chi connectivity index (χ0v) is 15.7.